The van der Waals surface area contributed by atoms with E-state index in [4.69, 9.17) is 11.6 Å². The maximum absolute atomic E-state index is 9.84. The van der Waals surface area contributed by atoms with E-state index in [0.717, 1.165) is 12.1 Å². The first-order chi connectivity index (χ1) is 8.06. The van der Waals surface area contributed by atoms with Gasteiger partial charge in [-0.3, -0.25) is 4.90 Å². The molecule has 96 valence electrons. The van der Waals surface area contributed by atoms with E-state index in [-0.39, 0.29) is 6.04 Å². The Balaban J connectivity index is 2.67. The van der Waals surface area contributed by atoms with Crippen LogP contribution in [0, 0.1) is 0 Å². The average Bonchev–Trinajstić information content (AvgIpc) is 2.31. The van der Waals surface area contributed by atoms with E-state index < -0.39 is 0 Å². The topological polar surface area (TPSA) is 23.5 Å². The van der Waals surface area contributed by atoms with E-state index in [2.05, 4.69) is 25.8 Å². The minimum absolute atomic E-state index is 0.186. The number of nitrogens with zero attached hydrogens (tertiary/aromatic N) is 1. The third-order valence-electron chi connectivity index (χ3n) is 3.22. The molecule has 3 heteroatoms. The third kappa shape index (κ3) is 4.21. The van der Waals surface area contributed by atoms with Crippen LogP contribution in [-0.4, -0.2) is 23.6 Å². The van der Waals surface area contributed by atoms with Gasteiger partial charge in [0.25, 0.3) is 0 Å². The minimum Gasteiger partial charge on any atom is -0.508 e. The number of aromatic hydroxyl groups is 1. The first kappa shape index (κ1) is 14.3. The van der Waals surface area contributed by atoms with E-state index in [0.29, 0.717) is 10.8 Å². The highest BCUT2D eigenvalue weighted by Crippen LogP contribution is 2.30. The van der Waals surface area contributed by atoms with E-state index in [9.17, 15) is 5.11 Å². The van der Waals surface area contributed by atoms with Crippen molar-refractivity contribution in [3.8, 4) is 5.75 Å². The van der Waals surface area contributed by atoms with Gasteiger partial charge in [-0.1, -0.05) is 31.4 Å². The molecule has 1 rings (SSSR count). The van der Waals surface area contributed by atoms with Gasteiger partial charge in [-0.05, 0) is 45.1 Å². The number of hydrogen-bond donors (Lipinski definition) is 1. The summed E-state index contributed by atoms with van der Waals surface area (Å²) in [6, 6.07) is 5.40. The van der Waals surface area contributed by atoms with Crippen molar-refractivity contribution in [3.63, 3.8) is 0 Å². The molecule has 0 heterocycles. The first-order valence-corrected chi connectivity index (χ1v) is 6.62. The molecule has 0 saturated carbocycles. The van der Waals surface area contributed by atoms with Crippen molar-refractivity contribution < 1.29 is 5.11 Å². The molecule has 0 amide bonds. The highest BCUT2D eigenvalue weighted by Gasteiger charge is 2.15. The lowest BCUT2D eigenvalue weighted by Crippen LogP contribution is -2.23. The molecule has 1 atom stereocenters. The summed E-state index contributed by atoms with van der Waals surface area (Å²) in [5.41, 5.74) is 0.900. The summed E-state index contributed by atoms with van der Waals surface area (Å²) < 4.78 is 0. The van der Waals surface area contributed by atoms with Gasteiger partial charge in [0.05, 0.1) is 0 Å². The second-order valence-corrected chi connectivity index (χ2v) is 5.00. The predicted octanol–water partition coefficient (Wildman–Crippen LogP) is 4.23. The molecular formula is C14H22ClNO. The second kappa shape index (κ2) is 6.87. The van der Waals surface area contributed by atoms with E-state index in [1.54, 1.807) is 12.1 Å². The molecule has 0 bridgehead atoms. The van der Waals surface area contributed by atoms with Crippen molar-refractivity contribution in [2.45, 2.75) is 39.2 Å². The molecular weight excluding hydrogens is 234 g/mol. The van der Waals surface area contributed by atoms with Crippen molar-refractivity contribution in [1.82, 2.24) is 4.90 Å². The summed E-state index contributed by atoms with van der Waals surface area (Å²) in [7, 11) is 2.08. The highest BCUT2D eigenvalue weighted by atomic mass is 35.5. The lowest BCUT2D eigenvalue weighted by atomic mass is 10.1. The van der Waals surface area contributed by atoms with E-state index in [1.807, 2.05) is 6.07 Å². The molecule has 0 aliphatic carbocycles. The summed E-state index contributed by atoms with van der Waals surface area (Å²) in [6.07, 6.45) is 3.67. The zero-order chi connectivity index (χ0) is 12.8. The Hall–Kier alpha value is -0.730. The number of unbranched alkanes of at least 4 members (excludes halogenated alkanes) is 2. The quantitative estimate of drug-likeness (QED) is 0.769. The highest BCUT2D eigenvalue weighted by molar-refractivity contribution is 6.30. The van der Waals surface area contributed by atoms with Crippen LogP contribution in [0.5, 0.6) is 5.75 Å². The fourth-order valence-electron chi connectivity index (χ4n) is 1.90. The lowest BCUT2D eigenvalue weighted by Gasteiger charge is -2.25. The van der Waals surface area contributed by atoms with Crippen LogP contribution in [0.1, 0.15) is 44.7 Å². The fraction of sp³-hybridized carbons (Fsp3) is 0.571. The van der Waals surface area contributed by atoms with Gasteiger partial charge in [0.15, 0.2) is 0 Å². The number of benzene rings is 1. The third-order valence-corrected chi connectivity index (χ3v) is 3.45. The van der Waals surface area contributed by atoms with Crippen molar-refractivity contribution in [2.75, 3.05) is 13.6 Å². The first-order valence-electron chi connectivity index (χ1n) is 6.25. The molecule has 0 aliphatic rings. The predicted molar refractivity (Wildman–Crippen MR) is 73.7 cm³/mol. The maximum atomic E-state index is 9.84. The summed E-state index contributed by atoms with van der Waals surface area (Å²) >= 11 is 5.96. The van der Waals surface area contributed by atoms with Gasteiger partial charge in [-0.2, -0.15) is 0 Å². The fourth-order valence-corrected chi connectivity index (χ4v) is 2.08. The number of phenolic OH excluding ortho intramolecular Hbond substituents is 1. The van der Waals surface area contributed by atoms with Crippen LogP contribution in [0.15, 0.2) is 18.2 Å². The van der Waals surface area contributed by atoms with Gasteiger partial charge in [-0.25, -0.2) is 0 Å². The Morgan fingerprint density at radius 3 is 2.71 bits per heavy atom. The molecule has 0 saturated heterocycles. The Morgan fingerprint density at radius 2 is 2.06 bits per heavy atom. The van der Waals surface area contributed by atoms with Crippen LogP contribution in [0.4, 0.5) is 0 Å². The van der Waals surface area contributed by atoms with Crippen molar-refractivity contribution in [1.29, 1.82) is 0 Å². The van der Waals surface area contributed by atoms with E-state index in [1.165, 1.54) is 19.3 Å². The van der Waals surface area contributed by atoms with Crippen LogP contribution >= 0.6 is 11.6 Å². The minimum atomic E-state index is 0.186. The van der Waals surface area contributed by atoms with Crippen molar-refractivity contribution >= 4 is 11.6 Å². The van der Waals surface area contributed by atoms with Crippen molar-refractivity contribution in [2.24, 2.45) is 0 Å². The molecule has 0 aromatic heterocycles. The Labute approximate surface area is 109 Å². The summed E-state index contributed by atoms with van der Waals surface area (Å²) in [5.74, 6) is 0.323. The average molecular weight is 256 g/mol. The zero-order valence-corrected chi connectivity index (χ0v) is 11.7. The lowest BCUT2D eigenvalue weighted by molar-refractivity contribution is 0.251. The smallest absolute Gasteiger partial charge is 0.120 e. The normalized spacial score (nSPS) is 13.0. The molecule has 0 spiro atoms. The maximum Gasteiger partial charge on any atom is 0.120 e. The van der Waals surface area contributed by atoms with Gasteiger partial charge in [-0.15, -0.1) is 0 Å². The molecule has 2 nitrogen and oxygen atoms in total. The van der Waals surface area contributed by atoms with Crippen LogP contribution in [0.2, 0.25) is 5.02 Å². The molecule has 0 fully saturated rings. The summed E-state index contributed by atoms with van der Waals surface area (Å²) in [4.78, 5) is 2.25. The van der Waals surface area contributed by atoms with Gasteiger partial charge in [0.1, 0.15) is 5.75 Å². The zero-order valence-electron chi connectivity index (χ0n) is 10.9. The Morgan fingerprint density at radius 1 is 1.35 bits per heavy atom. The SMILES string of the molecule is CCCCCN(C)C(C)c1cc(Cl)ccc1O. The van der Waals surface area contributed by atoms with Gasteiger partial charge >= 0.3 is 0 Å². The summed E-state index contributed by atoms with van der Waals surface area (Å²) in [5, 5.41) is 10.5. The van der Waals surface area contributed by atoms with E-state index >= 15 is 0 Å². The summed E-state index contributed by atoms with van der Waals surface area (Å²) in [6.45, 7) is 5.34. The molecule has 1 aromatic carbocycles. The van der Waals surface area contributed by atoms with Gasteiger partial charge < -0.3 is 5.11 Å². The molecule has 0 aliphatic heterocycles. The molecule has 1 N–H and O–H groups in total. The molecule has 0 radical (unpaired) electrons. The largest absolute Gasteiger partial charge is 0.508 e. The van der Waals surface area contributed by atoms with Crippen molar-refractivity contribution in [3.05, 3.63) is 28.8 Å². The number of hydrogen-bond acceptors (Lipinski definition) is 2. The Kier molecular flexibility index (Phi) is 5.79. The van der Waals surface area contributed by atoms with Crippen LogP contribution in [-0.2, 0) is 0 Å². The molecule has 1 unspecified atom stereocenters. The number of phenols is 1. The number of halogens is 1. The standard InChI is InChI=1S/C14H22ClNO/c1-4-5-6-9-16(3)11(2)13-10-12(15)7-8-14(13)17/h7-8,10-11,17H,4-6,9H2,1-3H3. The Bertz CT molecular complexity index is 354. The molecule has 1 aromatic rings. The van der Waals surface area contributed by atoms with Gasteiger partial charge in [0.2, 0.25) is 0 Å². The number of rotatable bonds is 6. The van der Waals surface area contributed by atoms with Gasteiger partial charge in [0, 0.05) is 16.6 Å². The second-order valence-electron chi connectivity index (χ2n) is 4.57. The van der Waals surface area contributed by atoms with Crippen LogP contribution in [0.25, 0.3) is 0 Å². The van der Waals surface area contributed by atoms with Crippen LogP contribution in [0.3, 0.4) is 0 Å². The van der Waals surface area contributed by atoms with Crippen LogP contribution < -0.4 is 0 Å². The molecule has 17 heavy (non-hydrogen) atoms. The monoisotopic (exact) mass is 255 g/mol.